The summed E-state index contributed by atoms with van der Waals surface area (Å²) in [6.07, 6.45) is -14.2. The molecule has 0 aromatic heterocycles. The van der Waals surface area contributed by atoms with E-state index in [0.29, 0.717) is 25.7 Å². The van der Waals surface area contributed by atoms with Gasteiger partial charge in [0.05, 0.1) is 39.1 Å². The molecule has 0 bridgehead atoms. The highest BCUT2D eigenvalue weighted by Crippen LogP contribution is 2.48. The van der Waals surface area contributed by atoms with E-state index in [-0.39, 0.29) is 62.3 Å². The predicted octanol–water partition coefficient (Wildman–Crippen LogP) is 20.1. The second-order valence-corrected chi connectivity index (χ2v) is 18.4. The standard InChI is InChI=1S/C51H64BF18NO3/c1-3-5-7-9-11-13-15-17-19-21-23-25-27-71(26-24-22-20-18-16-14-12-10-8-6-4-2)45-43(51(68,69)70)34-40(50(65,66)67)35-44(45)74-52(72-41-30-36(46(53,54)55)28-37(31-41)47(56,57)58)73-42-32-38(48(59,60)61)29-39(33-42)49(62,63)64/h28-35H,3-27H2,1-2H3. The molecule has 0 atom stereocenters. The molecule has 0 heterocycles. The third-order valence-electron chi connectivity index (χ3n) is 12.1. The van der Waals surface area contributed by atoms with Gasteiger partial charge in [0.2, 0.25) is 0 Å². The number of nitrogens with zero attached hydrogens (tertiary/aromatic N) is 1. The van der Waals surface area contributed by atoms with Crippen LogP contribution in [-0.4, -0.2) is 20.4 Å². The molecule has 0 unspecified atom stereocenters. The highest BCUT2D eigenvalue weighted by atomic mass is 19.4. The zero-order valence-corrected chi connectivity index (χ0v) is 41.3. The number of unbranched alkanes of at least 4 members (excludes halogenated alkanes) is 21. The normalized spacial score (nSPS) is 12.9. The number of hydrogen-bond donors (Lipinski definition) is 0. The van der Waals surface area contributed by atoms with Crippen LogP contribution in [0, 0.1) is 0 Å². The van der Waals surface area contributed by atoms with E-state index in [4.69, 9.17) is 14.0 Å². The number of anilines is 1. The van der Waals surface area contributed by atoms with Gasteiger partial charge in [-0.2, -0.15) is 79.0 Å². The monoisotopic (exact) mass is 1090 g/mol. The lowest BCUT2D eigenvalue weighted by molar-refractivity contribution is -0.144. The van der Waals surface area contributed by atoms with E-state index in [1.54, 1.807) is 0 Å². The molecule has 4 nitrogen and oxygen atoms in total. The molecule has 420 valence electrons. The van der Waals surface area contributed by atoms with Crippen molar-refractivity contribution in [2.45, 2.75) is 199 Å². The van der Waals surface area contributed by atoms with Crippen LogP contribution >= 0.6 is 0 Å². The van der Waals surface area contributed by atoms with Gasteiger partial charge in [0, 0.05) is 13.1 Å². The number of halogens is 18. The maximum atomic E-state index is 15.2. The van der Waals surface area contributed by atoms with Crippen molar-refractivity contribution in [1.82, 2.24) is 0 Å². The van der Waals surface area contributed by atoms with Crippen LogP contribution in [0.15, 0.2) is 48.5 Å². The topological polar surface area (TPSA) is 30.9 Å². The zero-order valence-electron chi connectivity index (χ0n) is 41.3. The Morgan fingerprint density at radius 2 is 0.595 bits per heavy atom. The zero-order chi connectivity index (χ0) is 55.4. The van der Waals surface area contributed by atoms with Gasteiger partial charge in [0.1, 0.15) is 17.2 Å². The van der Waals surface area contributed by atoms with Crippen molar-refractivity contribution in [3.63, 3.8) is 0 Å². The molecule has 0 aliphatic heterocycles. The second kappa shape index (κ2) is 29.3. The van der Waals surface area contributed by atoms with Crippen LogP contribution in [0.1, 0.15) is 195 Å². The fourth-order valence-electron chi connectivity index (χ4n) is 8.24. The van der Waals surface area contributed by atoms with Gasteiger partial charge in [-0.05, 0) is 61.4 Å². The van der Waals surface area contributed by atoms with Gasteiger partial charge in [0.25, 0.3) is 0 Å². The molecule has 0 aliphatic carbocycles. The number of alkyl halides is 18. The molecule has 23 heteroatoms. The summed E-state index contributed by atoms with van der Waals surface area (Å²) >= 11 is 0. The van der Waals surface area contributed by atoms with E-state index in [2.05, 4.69) is 13.8 Å². The molecular formula is C51H64BF18NO3. The second-order valence-electron chi connectivity index (χ2n) is 18.4. The summed E-state index contributed by atoms with van der Waals surface area (Å²) in [5.41, 5.74) is -13.5. The molecule has 0 spiro atoms. The van der Waals surface area contributed by atoms with E-state index < -0.39 is 113 Å². The molecule has 3 aromatic rings. The summed E-state index contributed by atoms with van der Waals surface area (Å²) in [6, 6.07) is -1.60. The molecule has 0 N–H and O–H groups in total. The van der Waals surface area contributed by atoms with Crippen molar-refractivity contribution in [1.29, 1.82) is 0 Å². The highest BCUT2D eigenvalue weighted by molar-refractivity contribution is 6.39. The van der Waals surface area contributed by atoms with Gasteiger partial charge in [-0.15, -0.1) is 0 Å². The lowest BCUT2D eigenvalue weighted by atomic mass is 10.0. The van der Waals surface area contributed by atoms with Crippen molar-refractivity contribution in [2.75, 3.05) is 18.0 Å². The average molecular weight is 1090 g/mol. The van der Waals surface area contributed by atoms with Gasteiger partial charge >= 0.3 is 44.4 Å². The minimum absolute atomic E-state index is 0.0133. The summed E-state index contributed by atoms with van der Waals surface area (Å²) in [5, 5.41) is 0. The summed E-state index contributed by atoms with van der Waals surface area (Å²) < 4.78 is 272. The largest absolute Gasteiger partial charge is 0.864 e. The van der Waals surface area contributed by atoms with Gasteiger partial charge in [-0.3, -0.25) is 0 Å². The van der Waals surface area contributed by atoms with Crippen LogP contribution in [0.3, 0.4) is 0 Å². The summed E-state index contributed by atoms with van der Waals surface area (Å²) in [4.78, 5) is 1.04. The third kappa shape index (κ3) is 22.9. The summed E-state index contributed by atoms with van der Waals surface area (Å²) in [6.45, 7) is 3.63. The maximum absolute atomic E-state index is 15.2. The van der Waals surface area contributed by atoms with Crippen LogP contribution in [0.4, 0.5) is 84.7 Å². The smallest absolute Gasteiger partial charge is 0.490 e. The molecule has 0 amide bonds. The summed E-state index contributed by atoms with van der Waals surface area (Å²) in [7, 11) is -3.28. The SMILES string of the molecule is CCCCCCCCCCCCCCN(CCCCCCCCCCCCC)c1c(OB(Oc2cc(C(F)(F)F)cc(C(F)(F)F)c2)Oc2cc(C(F)(F)F)cc(C(F)(F)F)c2)cc(C(F)(F)F)cc1C(F)(F)F. The van der Waals surface area contributed by atoms with E-state index in [1.165, 1.54) is 0 Å². The van der Waals surface area contributed by atoms with E-state index >= 15 is 13.2 Å². The van der Waals surface area contributed by atoms with Gasteiger partial charge in [-0.25, -0.2) is 0 Å². The number of benzene rings is 3. The Kier molecular flexibility index (Phi) is 25.3. The highest BCUT2D eigenvalue weighted by Gasteiger charge is 2.45. The van der Waals surface area contributed by atoms with Crippen molar-refractivity contribution >= 4 is 13.0 Å². The molecular weight excluding hydrogens is 1030 g/mol. The predicted molar refractivity (Wildman–Crippen MR) is 247 cm³/mol. The Balaban J connectivity index is 2.20. The molecule has 3 rings (SSSR count). The van der Waals surface area contributed by atoms with E-state index in [0.717, 1.165) is 114 Å². The lowest BCUT2D eigenvalue weighted by Gasteiger charge is -2.31. The minimum Gasteiger partial charge on any atom is -0.490 e. The molecule has 3 aromatic carbocycles. The molecule has 0 fully saturated rings. The van der Waals surface area contributed by atoms with E-state index in [1.807, 2.05) is 0 Å². The van der Waals surface area contributed by atoms with Crippen LogP contribution in [-0.2, 0) is 37.1 Å². The van der Waals surface area contributed by atoms with Crippen molar-refractivity contribution in [2.24, 2.45) is 0 Å². The number of hydrogen-bond acceptors (Lipinski definition) is 4. The van der Waals surface area contributed by atoms with Crippen LogP contribution < -0.4 is 18.9 Å². The van der Waals surface area contributed by atoms with Crippen LogP contribution in [0.2, 0.25) is 0 Å². The van der Waals surface area contributed by atoms with Crippen molar-refractivity contribution < 1.29 is 93.0 Å². The Hall–Kier alpha value is -4.34. The van der Waals surface area contributed by atoms with Gasteiger partial charge < -0.3 is 18.9 Å². The fourth-order valence-corrected chi connectivity index (χ4v) is 8.24. The first kappa shape index (κ1) is 64.0. The van der Waals surface area contributed by atoms with E-state index in [9.17, 15) is 65.9 Å². The fraction of sp³-hybridized carbons (Fsp3) is 0.647. The van der Waals surface area contributed by atoms with Crippen LogP contribution in [0.5, 0.6) is 17.2 Å². The first-order chi connectivity index (χ1) is 34.4. The molecule has 74 heavy (non-hydrogen) atoms. The van der Waals surface area contributed by atoms with Gasteiger partial charge in [0.15, 0.2) is 0 Å². The summed E-state index contributed by atoms with van der Waals surface area (Å²) in [5.74, 6) is -4.62. The number of rotatable bonds is 32. The Morgan fingerprint density at radius 1 is 0.324 bits per heavy atom. The molecule has 0 saturated heterocycles. The van der Waals surface area contributed by atoms with Crippen molar-refractivity contribution in [3.05, 3.63) is 81.9 Å². The lowest BCUT2D eigenvalue weighted by Crippen LogP contribution is -2.38. The molecule has 0 saturated carbocycles. The Labute approximate surface area is 421 Å². The Bertz CT molecular complexity index is 1960. The first-order valence-electron chi connectivity index (χ1n) is 25.1. The Morgan fingerprint density at radius 3 is 0.865 bits per heavy atom. The maximum Gasteiger partial charge on any atom is 0.864 e. The quantitative estimate of drug-likeness (QED) is 0.0354. The molecule has 0 radical (unpaired) electrons. The van der Waals surface area contributed by atoms with Gasteiger partial charge in [-0.1, -0.05) is 149 Å². The first-order valence-corrected chi connectivity index (χ1v) is 25.1. The molecule has 0 aliphatic rings. The third-order valence-corrected chi connectivity index (χ3v) is 12.1. The van der Waals surface area contributed by atoms with Crippen LogP contribution in [0.25, 0.3) is 0 Å². The van der Waals surface area contributed by atoms with Crippen molar-refractivity contribution in [3.8, 4) is 17.2 Å². The minimum atomic E-state index is -5.65. The average Bonchev–Trinajstić information content (AvgIpc) is 3.28.